The number of hydrogen-bond donors (Lipinski definition) is 1. The van der Waals surface area contributed by atoms with E-state index in [1.165, 1.54) is 16.8 Å². The molecule has 0 aliphatic rings. The van der Waals surface area contributed by atoms with Crippen LogP contribution in [0.2, 0.25) is 0 Å². The van der Waals surface area contributed by atoms with E-state index in [0.717, 1.165) is 12.1 Å². The van der Waals surface area contributed by atoms with Gasteiger partial charge in [-0.1, -0.05) is 19.1 Å². The predicted molar refractivity (Wildman–Crippen MR) is 97.2 cm³/mol. The van der Waals surface area contributed by atoms with Gasteiger partial charge in [0.15, 0.2) is 5.65 Å². The Labute approximate surface area is 157 Å². The fourth-order valence-electron chi connectivity index (χ4n) is 3.07. The van der Waals surface area contributed by atoms with E-state index in [2.05, 4.69) is 15.1 Å². The van der Waals surface area contributed by atoms with Crippen LogP contribution in [0, 0.1) is 0 Å². The Morgan fingerprint density at radius 2 is 1.86 bits per heavy atom. The summed E-state index contributed by atoms with van der Waals surface area (Å²) < 4.78 is 53.4. The molecule has 1 atom stereocenters. The summed E-state index contributed by atoms with van der Waals surface area (Å²) in [5.74, 6) is 0.270. The van der Waals surface area contributed by atoms with Crippen molar-refractivity contribution < 1.29 is 17.6 Å². The van der Waals surface area contributed by atoms with Crippen LogP contribution in [-0.4, -0.2) is 33.8 Å². The molecule has 0 spiro atoms. The lowest BCUT2D eigenvalue weighted by molar-refractivity contribution is -0.137. The van der Waals surface area contributed by atoms with Gasteiger partial charge in [0.25, 0.3) is 5.56 Å². The number of nitrogens with one attached hydrogen (secondary N) is 1. The molecule has 10 heteroatoms. The van der Waals surface area contributed by atoms with Gasteiger partial charge in [0.2, 0.25) is 5.95 Å². The molecule has 3 aromatic rings. The topological polar surface area (TPSA) is 66.8 Å². The van der Waals surface area contributed by atoms with Crippen LogP contribution in [0.5, 0.6) is 0 Å². The summed E-state index contributed by atoms with van der Waals surface area (Å²) in [5, 5.41) is 4.25. The Morgan fingerprint density at radius 1 is 1.21 bits per heavy atom. The van der Waals surface area contributed by atoms with Crippen LogP contribution in [0.3, 0.4) is 0 Å². The Kier molecular flexibility index (Phi) is 5.14. The zero-order valence-electron chi connectivity index (χ0n) is 15.5. The zero-order valence-corrected chi connectivity index (χ0v) is 15.5. The molecule has 0 aliphatic carbocycles. The van der Waals surface area contributed by atoms with Crippen LogP contribution in [-0.2, 0) is 12.9 Å². The monoisotopic (exact) mass is 397 g/mol. The Balaban J connectivity index is 2.18. The van der Waals surface area contributed by atoms with E-state index < -0.39 is 30.0 Å². The van der Waals surface area contributed by atoms with Gasteiger partial charge >= 0.3 is 6.18 Å². The lowest BCUT2D eigenvalue weighted by atomic mass is 10.0. The van der Waals surface area contributed by atoms with Crippen LogP contribution < -0.4 is 10.5 Å². The van der Waals surface area contributed by atoms with Crippen LogP contribution in [0.4, 0.5) is 23.5 Å². The van der Waals surface area contributed by atoms with Crippen molar-refractivity contribution in [2.45, 2.75) is 32.2 Å². The van der Waals surface area contributed by atoms with Crippen molar-refractivity contribution in [3.8, 4) is 0 Å². The van der Waals surface area contributed by atoms with Gasteiger partial charge in [-0.2, -0.15) is 23.3 Å². The lowest BCUT2D eigenvalue weighted by Crippen LogP contribution is -2.20. The van der Waals surface area contributed by atoms with Gasteiger partial charge in [0, 0.05) is 14.1 Å². The lowest BCUT2D eigenvalue weighted by Gasteiger charge is -2.18. The van der Waals surface area contributed by atoms with Crippen LogP contribution >= 0.6 is 0 Å². The molecule has 0 radical (unpaired) electrons. The Bertz CT molecular complexity index is 1040. The summed E-state index contributed by atoms with van der Waals surface area (Å²) in [5.41, 5.74) is -0.592. The second-order valence-corrected chi connectivity index (χ2v) is 6.55. The molecular formula is C18H19F4N5O. The van der Waals surface area contributed by atoms with Gasteiger partial charge in [-0.15, -0.1) is 0 Å². The summed E-state index contributed by atoms with van der Waals surface area (Å²) in [6.45, 7) is 0.865. The van der Waals surface area contributed by atoms with Crippen molar-refractivity contribution in [3.05, 3.63) is 51.4 Å². The average molecular weight is 397 g/mol. The molecule has 0 saturated heterocycles. The minimum Gasteiger partial charge on any atom is -0.348 e. The third kappa shape index (κ3) is 3.46. The van der Waals surface area contributed by atoms with Crippen molar-refractivity contribution in [1.82, 2.24) is 19.7 Å². The largest absolute Gasteiger partial charge is 0.416 e. The molecule has 0 fully saturated rings. The molecule has 2 heterocycles. The highest BCUT2D eigenvalue weighted by atomic mass is 19.4. The molecule has 6 nitrogen and oxygen atoms in total. The molecule has 1 N–H and O–H groups in total. The van der Waals surface area contributed by atoms with Crippen LogP contribution in [0.1, 0.15) is 36.2 Å². The average Bonchev–Trinajstić information content (AvgIpc) is 3.01. The normalized spacial score (nSPS) is 13.1. The Hall–Kier alpha value is -2.91. The number of fused-ring (bicyclic) bond motifs is 1. The maximum absolute atomic E-state index is 13.5. The highest BCUT2D eigenvalue weighted by Crippen LogP contribution is 2.32. The van der Waals surface area contributed by atoms with E-state index >= 15 is 0 Å². The van der Waals surface area contributed by atoms with E-state index in [0.29, 0.717) is 12.0 Å². The fourth-order valence-corrected chi connectivity index (χ4v) is 3.07. The molecule has 3 rings (SSSR count). The number of halogens is 4. The van der Waals surface area contributed by atoms with Crippen molar-refractivity contribution >= 4 is 17.0 Å². The molecule has 28 heavy (non-hydrogen) atoms. The van der Waals surface area contributed by atoms with Gasteiger partial charge in [-0.05, 0) is 24.1 Å². The number of rotatable bonds is 5. The van der Waals surface area contributed by atoms with Crippen molar-refractivity contribution in [1.29, 1.82) is 0 Å². The standard InChI is InChI=1S/C18H19F4N5O/c1-4-13(10-5-7-11(8-6-10)18(20,21)22)27-15-14(12(9-19)25-27)16(28)24-17(23-15)26(2)3/h5-8,13H,4,9H2,1-3H3,(H,23,24,28)/t13-/m0/s1. The second kappa shape index (κ2) is 7.25. The highest BCUT2D eigenvalue weighted by molar-refractivity contribution is 5.78. The maximum Gasteiger partial charge on any atom is 0.416 e. The smallest absolute Gasteiger partial charge is 0.348 e. The number of H-pyrrole nitrogens is 1. The van der Waals surface area contributed by atoms with E-state index in [1.807, 2.05) is 6.92 Å². The van der Waals surface area contributed by atoms with E-state index in [1.54, 1.807) is 19.0 Å². The highest BCUT2D eigenvalue weighted by Gasteiger charge is 2.30. The molecule has 0 amide bonds. The minimum atomic E-state index is -4.44. The van der Waals surface area contributed by atoms with E-state index in [4.69, 9.17) is 0 Å². The maximum atomic E-state index is 13.5. The molecule has 0 bridgehead atoms. The number of hydrogen-bond acceptors (Lipinski definition) is 4. The number of benzene rings is 1. The predicted octanol–water partition coefficient (Wildman–Crippen LogP) is 3.67. The van der Waals surface area contributed by atoms with Crippen LogP contribution in [0.15, 0.2) is 29.1 Å². The van der Waals surface area contributed by atoms with Gasteiger partial charge in [-0.25, -0.2) is 9.07 Å². The first kappa shape index (κ1) is 19.8. The van der Waals surface area contributed by atoms with Crippen molar-refractivity contribution in [2.75, 3.05) is 19.0 Å². The van der Waals surface area contributed by atoms with Gasteiger partial charge in [0.1, 0.15) is 17.8 Å². The number of alkyl halides is 4. The second-order valence-electron chi connectivity index (χ2n) is 6.55. The van der Waals surface area contributed by atoms with Crippen molar-refractivity contribution in [2.24, 2.45) is 0 Å². The number of aromatic amines is 1. The SMILES string of the molecule is CC[C@@H](c1ccc(C(F)(F)F)cc1)n1nc(CF)c2c(=O)[nH]c(N(C)C)nc21. The fraction of sp³-hybridized carbons (Fsp3) is 0.389. The van der Waals surface area contributed by atoms with Crippen LogP contribution in [0.25, 0.3) is 11.0 Å². The first-order chi connectivity index (χ1) is 13.2. The van der Waals surface area contributed by atoms with Gasteiger partial charge < -0.3 is 4.90 Å². The summed E-state index contributed by atoms with van der Waals surface area (Å²) in [6.07, 6.45) is -3.98. The summed E-state index contributed by atoms with van der Waals surface area (Å²) in [4.78, 5) is 21.0. The third-order valence-electron chi connectivity index (χ3n) is 4.48. The Morgan fingerprint density at radius 3 is 2.36 bits per heavy atom. The number of aromatic nitrogens is 4. The van der Waals surface area contributed by atoms with E-state index in [-0.39, 0.29) is 22.7 Å². The first-order valence-electron chi connectivity index (χ1n) is 8.59. The van der Waals surface area contributed by atoms with Crippen molar-refractivity contribution in [3.63, 3.8) is 0 Å². The summed E-state index contributed by atoms with van der Waals surface area (Å²) in [6, 6.07) is 4.20. The van der Waals surface area contributed by atoms with Gasteiger partial charge in [-0.3, -0.25) is 9.78 Å². The first-order valence-corrected chi connectivity index (χ1v) is 8.59. The minimum absolute atomic E-state index is 0.0402. The zero-order chi connectivity index (χ0) is 20.6. The quantitative estimate of drug-likeness (QED) is 0.667. The molecule has 0 unspecified atom stereocenters. The summed E-state index contributed by atoms with van der Waals surface area (Å²) in [7, 11) is 3.38. The molecule has 0 aliphatic heterocycles. The molecule has 2 aromatic heterocycles. The molecule has 150 valence electrons. The van der Waals surface area contributed by atoms with Gasteiger partial charge in [0.05, 0.1) is 11.6 Å². The summed E-state index contributed by atoms with van der Waals surface area (Å²) >= 11 is 0. The van der Waals surface area contributed by atoms with E-state index in [9.17, 15) is 22.4 Å². The number of anilines is 1. The molecule has 1 aromatic carbocycles. The third-order valence-corrected chi connectivity index (χ3v) is 4.48. The molecule has 0 saturated carbocycles. The number of nitrogens with zero attached hydrogens (tertiary/aromatic N) is 4. The molecular weight excluding hydrogens is 378 g/mol.